The van der Waals surface area contributed by atoms with Crippen LogP contribution in [0.4, 0.5) is 0 Å². The summed E-state index contributed by atoms with van der Waals surface area (Å²) in [6.07, 6.45) is 0. The lowest BCUT2D eigenvalue weighted by molar-refractivity contribution is 0.0939. The van der Waals surface area contributed by atoms with Crippen molar-refractivity contribution < 1.29 is 4.79 Å². The molecule has 1 N–H and O–H groups in total. The van der Waals surface area contributed by atoms with E-state index in [-0.39, 0.29) is 11.9 Å². The lowest BCUT2D eigenvalue weighted by atomic mass is 10.1. The van der Waals surface area contributed by atoms with Crippen molar-refractivity contribution in [3.05, 3.63) is 55.1 Å². The summed E-state index contributed by atoms with van der Waals surface area (Å²) in [4.78, 5) is 12.1. The molecule has 94 valence electrons. The highest BCUT2D eigenvalue weighted by Crippen LogP contribution is 2.32. The van der Waals surface area contributed by atoms with Crippen LogP contribution in [0, 0.1) is 0 Å². The van der Waals surface area contributed by atoms with Gasteiger partial charge >= 0.3 is 0 Å². The van der Waals surface area contributed by atoms with Gasteiger partial charge < -0.3 is 5.32 Å². The third kappa shape index (κ3) is 3.22. The van der Waals surface area contributed by atoms with Crippen LogP contribution in [0.3, 0.4) is 0 Å². The van der Waals surface area contributed by atoms with Crippen LogP contribution in [0.2, 0.25) is 0 Å². The largest absolute Gasteiger partial charge is 0.345 e. The Labute approximate surface area is 127 Å². The molecule has 0 aliphatic carbocycles. The quantitative estimate of drug-likeness (QED) is 0.806. The van der Waals surface area contributed by atoms with Crippen molar-refractivity contribution >= 4 is 49.1 Å². The van der Waals surface area contributed by atoms with E-state index in [1.807, 2.05) is 43.3 Å². The molecule has 0 aliphatic rings. The minimum Gasteiger partial charge on any atom is -0.345 e. The second kappa shape index (κ2) is 5.99. The van der Waals surface area contributed by atoms with Gasteiger partial charge in [0.05, 0.1) is 19.2 Å². The molecule has 2 rings (SSSR count). The van der Waals surface area contributed by atoms with Crippen LogP contribution in [0.15, 0.2) is 44.0 Å². The number of carbonyl (C=O) groups is 1. The zero-order chi connectivity index (χ0) is 13.1. The molecular formula is C13H11Br2NOS. The highest BCUT2D eigenvalue weighted by atomic mass is 79.9. The number of nitrogens with one attached hydrogen (secondary N) is 1. The number of amides is 1. The molecule has 1 aromatic carbocycles. The molecule has 0 saturated carbocycles. The molecule has 0 spiro atoms. The Morgan fingerprint density at radius 3 is 2.50 bits per heavy atom. The van der Waals surface area contributed by atoms with Gasteiger partial charge in [-0.3, -0.25) is 4.79 Å². The van der Waals surface area contributed by atoms with E-state index in [2.05, 4.69) is 37.2 Å². The van der Waals surface area contributed by atoms with Crippen LogP contribution in [-0.2, 0) is 0 Å². The van der Waals surface area contributed by atoms with Gasteiger partial charge in [-0.2, -0.15) is 0 Å². The molecule has 0 saturated heterocycles. The third-order valence-corrected chi connectivity index (χ3v) is 4.89. The summed E-state index contributed by atoms with van der Waals surface area (Å²) in [7, 11) is 0. The van der Waals surface area contributed by atoms with Crippen LogP contribution in [0.1, 0.15) is 28.9 Å². The van der Waals surface area contributed by atoms with Gasteiger partial charge in [0.2, 0.25) is 0 Å². The zero-order valence-electron chi connectivity index (χ0n) is 9.61. The summed E-state index contributed by atoms with van der Waals surface area (Å²) >= 11 is 8.26. The highest BCUT2D eigenvalue weighted by molar-refractivity contribution is 9.12. The Hall–Kier alpha value is -0.650. The number of thiophene rings is 1. The molecule has 2 aromatic rings. The van der Waals surface area contributed by atoms with Gasteiger partial charge in [0.25, 0.3) is 5.91 Å². The van der Waals surface area contributed by atoms with Gasteiger partial charge in [0, 0.05) is 0 Å². The lowest BCUT2D eigenvalue weighted by Gasteiger charge is -2.13. The number of halogens is 2. The highest BCUT2D eigenvalue weighted by Gasteiger charge is 2.16. The van der Waals surface area contributed by atoms with Crippen molar-refractivity contribution in [3.63, 3.8) is 0 Å². The van der Waals surface area contributed by atoms with Crippen molar-refractivity contribution in [2.24, 2.45) is 0 Å². The summed E-state index contributed by atoms with van der Waals surface area (Å²) in [5, 5.41) is 2.98. The number of benzene rings is 1. The maximum absolute atomic E-state index is 12.1. The first-order valence-corrected chi connectivity index (χ1v) is 7.79. The second-order valence-corrected chi connectivity index (χ2v) is 7.59. The first kappa shape index (κ1) is 13.8. The molecule has 1 atom stereocenters. The van der Waals surface area contributed by atoms with Crippen LogP contribution in [0.5, 0.6) is 0 Å². The van der Waals surface area contributed by atoms with E-state index in [9.17, 15) is 4.79 Å². The van der Waals surface area contributed by atoms with Crippen molar-refractivity contribution in [1.82, 2.24) is 5.32 Å². The monoisotopic (exact) mass is 387 g/mol. The summed E-state index contributed by atoms with van der Waals surface area (Å²) in [6, 6.07) is 11.7. The maximum Gasteiger partial charge on any atom is 0.253 e. The van der Waals surface area contributed by atoms with Crippen LogP contribution in [-0.4, -0.2) is 5.91 Å². The molecule has 0 fully saturated rings. The van der Waals surface area contributed by atoms with E-state index >= 15 is 0 Å². The minimum atomic E-state index is -0.0693. The summed E-state index contributed by atoms with van der Waals surface area (Å²) in [5.74, 6) is -0.0693. The van der Waals surface area contributed by atoms with Crippen molar-refractivity contribution in [1.29, 1.82) is 0 Å². The Balaban J connectivity index is 2.10. The van der Waals surface area contributed by atoms with Crippen molar-refractivity contribution in [2.45, 2.75) is 13.0 Å². The average Bonchev–Trinajstić information content (AvgIpc) is 2.69. The molecule has 1 heterocycles. The SMILES string of the molecule is C[C@@H](NC(=O)c1cc(Br)sc1Br)c1ccccc1. The Kier molecular flexibility index (Phi) is 4.59. The third-order valence-electron chi connectivity index (χ3n) is 2.55. The van der Waals surface area contributed by atoms with E-state index in [1.54, 1.807) is 0 Å². The number of hydrogen-bond acceptors (Lipinski definition) is 2. The standard InChI is InChI=1S/C13H11Br2NOS/c1-8(9-5-3-2-4-6-9)16-13(17)10-7-11(14)18-12(10)15/h2-8H,1H3,(H,16,17)/t8-/m1/s1. The molecule has 0 radical (unpaired) electrons. The normalized spacial score (nSPS) is 12.2. The van der Waals surface area contributed by atoms with E-state index in [1.165, 1.54) is 11.3 Å². The predicted octanol–water partition coefficient (Wildman–Crippen LogP) is 4.76. The van der Waals surface area contributed by atoms with Gasteiger partial charge in [0.1, 0.15) is 0 Å². The average molecular weight is 389 g/mol. The van der Waals surface area contributed by atoms with Gasteiger partial charge in [-0.05, 0) is 50.4 Å². The van der Waals surface area contributed by atoms with Crippen molar-refractivity contribution in [2.75, 3.05) is 0 Å². The number of hydrogen-bond donors (Lipinski definition) is 1. The molecule has 5 heteroatoms. The first-order valence-electron chi connectivity index (χ1n) is 5.38. The van der Waals surface area contributed by atoms with Gasteiger partial charge in [-0.15, -0.1) is 11.3 Å². The molecule has 0 aliphatic heterocycles. The minimum absolute atomic E-state index is 0.00993. The topological polar surface area (TPSA) is 29.1 Å². The molecule has 18 heavy (non-hydrogen) atoms. The predicted molar refractivity (Wildman–Crippen MR) is 82.0 cm³/mol. The van der Waals surface area contributed by atoms with E-state index < -0.39 is 0 Å². The molecule has 0 unspecified atom stereocenters. The fraction of sp³-hybridized carbons (Fsp3) is 0.154. The Morgan fingerprint density at radius 2 is 1.94 bits per heavy atom. The van der Waals surface area contributed by atoms with Crippen LogP contribution >= 0.6 is 43.2 Å². The lowest BCUT2D eigenvalue weighted by Crippen LogP contribution is -2.26. The van der Waals surface area contributed by atoms with Crippen molar-refractivity contribution in [3.8, 4) is 0 Å². The van der Waals surface area contributed by atoms with Gasteiger partial charge in [-0.1, -0.05) is 30.3 Å². The van der Waals surface area contributed by atoms with Crippen LogP contribution in [0.25, 0.3) is 0 Å². The molecule has 1 aromatic heterocycles. The van der Waals surface area contributed by atoms with E-state index in [4.69, 9.17) is 0 Å². The summed E-state index contributed by atoms with van der Waals surface area (Å²) < 4.78 is 1.78. The fourth-order valence-electron chi connectivity index (χ4n) is 1.59. The molecule has 2 nitrogen and oxygen atoms in total. The fourth-order valence-corrected chi connectivity index (χ4v) is 4.39. The molecular weight excluding hydrogens is 378 g/mol. The first-order chi connectivity index (χ1) is 8.58. The number of rotatable bonds is 3. The molecule has 0 bridgehead atoms. The zero-order valence-corrected chi connectivity index (χ0v) is 13.6. The smallest absolute Gasteiger partial charge is 0.253 e. The summed E-state index contributed by atoms with van der Waals surface area (Å²) in [5.41, 5.74) is 1.76. The van der Waals surface area contributed by atoms with Gasteiger partial charge in [-0.25, -0.2) is 0 Å². The molecule has 1 amide bonds. The van der Waals surface area contributed by atoms with E-state index in [0.29, 0.717) is 5.56 Å². The van der Waals surface area contributed by atoms with Crippen LogP contribution < -0.4 is 5.32 Å². The van der Waals surface area contributed by atoms with Gasteiger partial charge in [0.15, 0.2) is 0 Å². The maximum atomic E-state index is 12.1. The second-order valence-electron chi connectivity index (χ2n) is 3.84. The summed E-state index contributed by atoms with van der Waals surface area (Å²) in [6.45, 7) is 1.97. The Morgan fingerprint density at radius 1 is 1.28 bits per heavy atom. The number of carbonyl (C=O) groups excluding carboxylic acids is 1. The van der Waals surface area contributed by atoms with E-state index in [0.717, 1.165) is 13.1 Å². The Bertz CT molecular complexity index is 553.